The number of nitrogens with one attached hydrogen (secondary N) is 1. The number of hydrogen-bond acceptors (Lipinski definition) is 3. The van der Waals surface area contributed by atoms with E-state index in [1.165, 1.54) is 24.2 Å². The largest absolute Gasteiger partial charge is 0.349 e. The monoisotopic (exact) mass is 398 g/mol. The van der Waals surface area contributed by atoms with Gasteiger partial charge in [0.1, 0.15) is 5.82 Å². The summed E-state index contributed by atoms with van der Waals surface area (Å²) in [6.07, 6.45) is 5.57. The Labute approximate surface area is 168 Å². The lowest BCUT2D eigenvalue weighted by Crippen LogP contribution is -2.37. The predicted octanol–water partition coefficient (Wildman–Crippen LogP) is 4.53. The number of anilines is 1. The van der Waals surface area contributed by atoms with E-state index in [2.05, 4.69) is 5.32 Å². The summed E-state index contributed by atoms with van der Waals surface area (Å²) < 4.78 is 14.1. The van der Waals surface area contributed by atoms with Crippen molar-refractivity contribution in [2.45, 2.75) is 49.6 Å². The molecule has 1 saturated carbocycles. The van der Waals surface area contributed by atoms with Crippen LogP contribution in [0.2, 0.25) is 0 Å². The minimum atomic E-state index is -0.332. The molecule has 146 valence electrons. The van der Waals surface area contributed by atoms with Gasteiger partial charge in [-0.3, -0.25) is 9.59 Å². The Bertz CT molecular complexity index is 896. The minimum Gasteiger partial charge on any atom is -0.349 e. The fraction of sp³-hybridized carbons (Fsp3) is 0.364. The highest BCUT2D eigenvalue weighted by Crippen LogP contribution is 2.37. The lowest BCUT2D eigenvalue weighted by Gasteiger charge is -2.30. The van der Waals surface area contributed by atoms with E-state index >= 15 is 0 Å². The van der Waals surface area contributed by atoms with Gasteiger partial charge in [-0.25, -0.2) is 4.39 Å². The number of hydrogen-bond donors (Lipinski definition) is 1. The average molecular weight is 399 g/mol. The lowest BCUT2D eigenvalue weighted by molar-refractivity contribution is -0.116. The molecule has 4 nitrogen and oxygen atoms in total. The molecule has 1 aliphatic carbocycles. The summed E-state index contributed by atoms with van der Waals surface area (Å²) in [4.78, 5) is 27.8. The molecule has 2 aromatic rings. The highest BCUT2D eigenvalue weighted by molar-refractivity contribution is 8.00. The third kappa shape index (κ3) is 4.07. The van der Waals surface area contributed by atoms with Gasteiger partial charge in [0.15, 0.2) is 0 Å². The van der Waals surface area contributed by atoms with Crippen LogP contribution in [0.25, 0.3) is 0 Å². The number of carbonyl (C=O) groups is 2. The maximum Gasteiger partial charge on any atom is 0.251 e. The number of thioether (sulfide) groups is 1. The molecular formula is C22H23FN2O2S. The molecular weight excluding hydrogens is 375 g/mol. The SMILES string of the molecule is O=C(NC1CCCCC1)c1ccc2c(c1)N(Cc1ccccc1F)C(=O)CS2. The molecule has 6 heteroatoms. The van der Waals surface area contributed by atoms with Crippen LogP contribution in [0.1, 0.15) is 48.0 Å². The third-order valence-corrected chi connectivity index (χ3v) is 6.44. The Morgan fingerprint density at radius 2 is 1.93 bits per heavy atom. The van der Waals surface area contributed by atoms with Crippen LogP contribution >= 0.6 is 11.8 Å². The van der Waals surface area contributed by atoms with E-state index in [4.69, 9.17) is 0 Å². The van der Waals surface area contributed by atoms with E-state index < -0.39 is 0 Å². The molecule has 2 amide bonds. The van der Waals surface area contributed by atoms with Crippen LogP contribution < -0.4 is 10.2 Å². The van der Waals surface area contributed by atoms with Gasteiger partial charge in [0.2, 0.25) is 5.91 Å². The Hall–Kier alpha value is -2.34. The maximum absolute atomic E-state index is 14.1. The van der Waals surface area contributed by atoms with Gasteiger partial charge in [0, 0.05) is 22.1 Å². The lowest BCUT2D eigenvalue weighted by atomic mass is 9.95. The van der Waals surface area contributed by atoms with Crippen molar-refractivity contribution in [3.05, 3.63) is 59.4 Å². The molecule has 0 saturated heterocycles. The second-order valence-corrected chi connectivity index (χ2v) is 8.37. The number of halogens is 1. The van der Waals surface area contributed by atoms with Crippen LogP contribution in [-0.4, -0.2) is 23.6 Å². The van der Waals surface area contributed by atoms with Crippen molar-refractivity contribution in [3.8, 4) is 0 Å². The van der Waals surface area contributed by atoms with Crippen molar-refractivity contribution >= 4 is 29.3 Å². The Morgan fingerprint density at radius 3 is 2.71 bits per heavy atom. The number of nitrogens with zero attached hydrogens (tertiary/aromatic N) is 1. The van der Waals surface area contributed by atoms with E-state index in [1.54, 1.807) is 35.2 Å². The molecule has 2 aliphatic rings. The number of benzene rings is 2. The highest BCUT2D eigenvalue weighted by Gasteiger charge is 2.27. The first-order valence-electron chi connectivity index (χ1n) is 9.73. The zero-order valence-electron chi connectivity index (χ0n) is 15.6. The molecule has 28 heavy (non-hydrogen) atoms. The fourth-order valence-corrected chi connectivity index (χ4v) is 4.75. The zero-order valence-corrected chi connectivity index (χ0v) is 16.4. The molecule has 0 radical (unpaired) electrons. The van der Waals surface area contributed by atoms with Gasteiger partial charge in [-0.1, -0.05) is 37.5 Å². The van der Waals surface area contributed by atoms with Gasteiger partial charge in [-0.2, -0.15) is 0 Å². The van der Waals surface area contributed by atoms with E-state index in [1.807, 2.05) is 6.07 Å². The van der Waals surface area contributed by atoms with Gasteiger partial charge < -0.3 is 10.2 Å². The summed E-state index contributed by atoms with van der Waals surface area (Å²) in [7, 11) is 0. The van der Waals surface area contributed by atoms with Crippen LogP contribution in [0.3, 0.4) is 0 Å². The molecule has 0 spiro atoms. The fourth-order valence-electron chi connectivity index (χ4n) is 3.83. The van der Waals surface area contributed by atoms with Crippen molar-refractivity contribution < 1.29 is 14.0 Å². The van der Waals surface area contributed by atoms with Gasteiger partial charge >= 0.3 is 0 Å². The number of carbonyl (C=O) groups excluding carboxylic acids is 2. The van der Waals surface area contributed by atoms with Gasteiger partial charge in [-0.05, 0) is 37.1 Å². The second-order valence-electron chi connectivity index (χ2n) is 7.35. The van der Waals surface area contributed by atoms with Crippen molar-refractivity contribution in [1.29, 1.82) is 0 Å². The molecule has 0 atom stereocenters. The van der Waals surface area contributed by atoms with Crippen LogP contribution in [-0.2, 0) is 11.3 Å². The first-order chi connectivity index (χ1) is 13.6. The quantitative estimate of drug-likeness (QED) is 0.823. The summed E-state index contributed by atoms with van der Waals surface area (Å²) in [6.45, 7) is 0.159. The first kappa shape index (κ1) is 19.0. The summed E-state index contributed by atoms with van der Waals surface area (Å²) in [5, 5.41) is 3.12. The number of amides is 2. The molecule has 1 heterocycles. The summed E-state index contributed by atoms with van der Waals surface area (Å²) in [6, 6.07) is 12.2. The zero-order chi connectivity index (χ0) is 19.5. The molecule has 0 unspecified atom stereocenters. The number of rotatable bonds is 4. The van der Waals surface area contributed by atoms with Gasteiger partial charge in [-0.15, -0.1) is 11.8 Å². The van der Waals surface area contributed by atoms with Gasteiger partial charge in [0.25, 0.3) is 5.91 Å². The van der Waals surface area contributed by atoms with Crippen LogP contribution in [0, 0.1) is 5.82 Å². The van der Waals surface area contributed by atoms with Crippen molar-refractivity contribution in [2.75, 3.05) is 10.7 Å². The number of fused-ring (bicyclic) bond motifs is 1. The average Bonchev–Trinajstić information content (AvgIpc) is 2.72. The Morgan fingerprint density at radius 1 is 1.14 bits per heavy atom. The maximum atomic E-state index is 14.1. The Kier molecular flexibility index (Phi) is 5.67. The summed E-state index contributed by atoms with van der Waals surface area (Å²) in [5.41, 5.74) is 1.68. The normalized spacial score (nSPS) is 17.3. The molecule has 1 fully saturated rings. The van der Waals surface area contributed by atoms with Crippen molar-refractivity contribution in [2.24, 2.45) is 0 Å². The Balaban J connectivity index is 1.58. The van der Waals surface area contributed by atoms with E-state index in [9.17, 15) is 14.0 Å². The minimum absolute atomic E-state index is 0.0782. The standard InChI is InChI=1S/C22H23FN2O2S/c23-18-9-5-4-6-16(18)13-25-19-12-15(10-11-20(19)28-14-21(25)26)22(27)24-17-7-2-1-3-8-17/h4-6,9-12,17H,1-3,7-8,13-14H2,(H,24,27). The molecule has 2 aromatic carbocycles. The summed E-state index contributed by atoms with van der Waals surface area (Å²) in [5.74, 6) is -0.204. The van der Waals surface area contributed by atoms with E-state index in [-0.39, 0.29) is 30.2 Å². The second kappa shape index (κ2) is 8.35. The van der Waals surface area contributed by atoms with Crippen LogP contribution in [0.5, 0.6) is 0 Å². The smallest absolute Gasteiger partial charge is 0.251 e. The third-order valence-electron chi connectivity index (χ3n) is 5.39. The van der Waals surface area contributed by atoms with Crippen molar-refractivity contribution in [1.82, 2.24) is 5.32 Å². The molecule has 0 bridgehead atoms. The molecule has 1 aliphatic heterocycles. The summed E-state index contributed by atoms with van der Waals surface area (Å²) >= 11 is 1.45. The van der Waals surface area contributed by atoms with E-state index in [0.29, 0.717) is 22.6 Å². The molecule has 4 rings (SSSR count). The van der Waals surface area contributed by atoms with Crippen LogP contribution in [0.15, 0.2) is 47.4 Å². The van der Waals surface area contributed by atoms with Gasteiger partial charge in [0.05, 0.1) is 18.0 Å². The van der Waals surface area contributed by atoms with E-state index in [0.717, 1.165) is 30.6 Å². The topological polar surface area (TPSA) is 49.4 Å². The van der Waals surface area contributed by atoms with Crippen LogP contribution in [0.4, 0.5) is 10.1 Å². The predicted molar refractivity (Wildman–Crippen MR) is 109 cm³/mol. The van der Waals surface area contributed by atoms with Crippen molar-refractivity contribution in [3.63, 3.8) is 0 Å². The molecule has 1 N–H and O–H groups in total. The molecule has 0 aromatic heterocycles. The first-order valence-corrected chi connectivity index (χ1v) is 10.7. The highest BCUT2D eigenvalue weighted by atomic mass is 32.2.